The summed E-state index contributed by atoms with van der Waals surface area (Å²) in [6, 6.07) is 15.3. The van der Waals surface area contributed by atoms with Crippen molar-refractivity contribution in [2.75, 3.05) is 0 Å². The summed E-state index contributed by atoms with van der Waals surface area (Å²) in [6.07, 6.45) is 1.86. The molecule has 2 unspecified atom stereocenters. The van der Waals surface area contributed by atoms with Gasteiger partial charge in [-0.05, 0) is 23.9 Å². The van der Waals surface area contributed by atoms with Crippen molar-refractivity contribution in [2.24, 2.45) is 0 Å². The van der Waals surface area contributed by atoms with Gasteiger partial charge in [-0.25, -0.2) is 4.98 Å². The summed E-state index contributed by atoms with van der Waals surface area (Å²) in [5.41, 5.74) is 1.29. The zero-order valence-corrected chi connectivity index (χ0v) is 12.8. The monoisotopic (exact) mass is 300 g/mol. The second-order valence-corrected chi connectivity index (χ2v) is 6.52. The molecule has 0 aliphatic rings. The number of thiophene rings is 1. The number of thiazole rings is 1. The predicted octanol–water partition coefficient (Wildman–Crippen LogP) is 4.64. The van der Waals surface area contributed by atoms with Crippen molar-refractivity contribution in [2.45, 2.75) is 19.0 Å². The van der Waals surface area contributed by atoms with Crippen LogP contribution in [0.1, 0.15) is 34.5 Å². The van der Waals surface area contributed by atoms with Gasteiger partial charge in [0.2, 0.25) is 0 Å². The fourth-order valence-electron chi connectivity index (χ4n) is 2.21. The minimum atomic E-state index is 0.218. The molecule has 1 N–H and O–H groups in total. The molecule has 20 heavy (non-hydrogen) atoms. The van der Waals surface area contributed by atoms with Crippen molar-refractivity contribution in [1.82, 2.24) is 10.3 Å². The molecule has 0 saturated carbocycles. The van der Waals surface area contributed by atoms with Gasteiger partial charge < -0.3 is 0 Å². The molecule has 2 atom stereocenters. The molecule has 0 fully saturated rings. The van der Waals surface area contributed by atoms with Crippen LogP contribution in [0.15, 0.2) is 59.4 Å². The van der Waals surface area contributed by atoms with E-state index in [1.807, 2.05) is 11.6 Å². The molecule has 0 bridgehead atoms. The van der Waals surface area contributed by atoms with Gasteiger partial charge in [-0.1, -0.05) is 36.4 Å². The van der Waals surface area contributed by atoms with E-state index < -0.39 is 0 Å². The Labute approximate surface area is 127 Å². The summed E-state index contributed by atoms with van der Waals surface area (Å²) in [5.74, 6) is 0. The zero-order chi connectivity index (χ0) is 13.8. The first-order valence-corrected chi connectivity index (χ1v) is 8.34. The Morgan fingerprint density at radius 3 is 2.50 bits per heavy atom. The molecule has 0 saturated heterocycles. The lowest BCUT2D eigenvalue weighted by molar-refractivity contribution is 0.519. The van der Waals surface area contributed by atoms with Gasteiger partial charge in [0.05, 0.1) is 12.1 Å². The number of nitrogens with one attached hydrogen (secondary N) is 1. The van der Waals surface area contributed by atoms with Crippen LogP contribution in [0.25, 0.3) is 0 Å². The van der Waals surface area contributed by atoms with Crippen molar-refractivity contribution >= 4 is 22.7 Å². The summed E-state index contributed by atoms with van der Waals surface area (Å²) < 4.78 is 0. The van der Waals surface area contributed by atoms with E-state index in [-0.39, 0.29) is 12.1 Å². The first kappa shape index (κ1) is 13.5. The van der Waals surface area contributed by atoms with Crippen LogP contribution in [0.2, 0.25) is 0 Å². The predicted molar refractivity (Wildman–Crippen MR) is 86.3 cm³/mol. The van der Waals surface area contributed by atoms with Gasteiger partial charge >= 0.3 is 0 Å². The summed E-state index contributed by atoms with van der Waals surface area (Å²) in [5, 5.41) is 8.97. The molecule has 2 aromatic heterocycles. The van der Waals surface area contributed by atoms with Crippen LogP contribution in [0.4, 0.5) is 0 Å². The van der Waals surface area contributed by atoms with E-state index in [1.54, 1.807) is 22.7 Å². The topological polar surface area (TPSA) is 24.9 Å². The largest absolute Gasteiger partial charge is 0.297 e. The van der Waals surface area contributed by atoms with Crippen LogP contribution in [-0.4, -0.2) is 4.98 Å². The first-order valence-electron chi connectivity index (χ1n) is 6.58. The molecule has 0 amide bonds. The Kier molecular flexibility index (Phi) is 4.25. The number of hydrogen-bond acceptors (Lipinski definition) is 4. The van der Waals surface area contributed by atoms with Gasteiger partial charge in [-0.15, -0.1) is 22.7 Å². The number of aromatic nitrogens is 1. The molecule has 1 aromatic carbocycles. The molecule has 2 nitrogen and oxygen atoms in total. The molecule has 4 heteroatoms. The highest BCUT2D eigenvalue weighted by molar-refractivity contribution is 7.10. The molecule has 3 rings (SSSR count). The minimum absolute atomic E-state index is 0.218. The summed E-state index contributed by atoms with van der Waals surface area (Å²) in [4.78, 5) is 5.74. The first-order chi connectivity index (χ1) is 9.84. The second kappa shape index (κ2) is 6.31. The lowest BCUT2D eigenvalue weighted by Crippen LogP contribution is -2.24. The highest BCUT2D eigenvalue weighted by atomic mass is 32.1. The molecule has 3 aromatic rings. The van der Waals surface area contributed by atoms with E-state index in [4.69, 9.17) is 0 Å². The summed E-state index contributed by atoms with van der Waals surface area (Å²) in [6.45, 7) is 2.17. The number of rotatable bonds is 5. The third kappa shape index (κ3) is 2.98. The normalized spacial score (nSPS) is 14.1. The fraction of sp³-hybridized carbons (Fsp3) is 0.188. The third-order valence-corrected chi connectivity index (χ3v) is 5.09. The highest BCUT2D eigenvalue weighted by Crippen LogP contribution is 2.29. The van der Waals surface area contributed by atoms with Crippen molar-refractivity contribution in [1.29, 1.82) is 0 Å². The molecule has 102 valence electrons. The van der Waals surface area contributed by atoms with E-state index in [2.05, 4.69) is 65.1 Å². The molecular weight excluding hydrogens is 284 g/mol. The maximum absolute atomic E-state index is 4.40. The maximum atomic E-state index is 4.40. The van der Waals surface area contributed by atoms with Crippen LogP contribution >= 0.6 is 22.7 Å². The SMILES string of the molecule is CC(NC(c1ccccc1)c1cccs1)c1nccs1. The molecule has 2 heterocycles. The van der Waals surface area contributed by atoms with Crippen LogP contribution in [-0.2, 0) is 0 Å². The second-order valence-electron chi connectivity index (χ2n) is 4.62. The molecule has 0 aliphatic carbocycles. The van der Waals surface area contributed by atoms with E-state index >= 15 is 0 Å². The minimum Gasteiger partial charge on any atom is -0.297 e. The van der Waals surface area contributed by atoms with Crippen LogP contribution in [0.3, 0.4) is 0 Å². The van der Waals surface area contributed by atoms with Gasteiger partial charge in [-0.3, -0.25) is 5.32 Å². The smallest absolute Gasteiger partial charge is 0.109 e. The van der Waals surface area contributed by atoms with Gasteiger partial charge in [0.25, 0.3) is 0 Å². The van der Waals surface area contributed by atoms with E-state index in [0.717, 1.165) is 5.01 Å². The van der Waals surface area contributed by atoms with Gasteiger partial charge in [0.15, 0.2) is 0 Å². The van der Waals surface area contributed by atoms with E-state index in [1.165, 1.54) is 10.4 Å². The number of hydrogen-bond donors (Lipinski definition) is 1. The lowest BCUT2D eigenvalue weighted by atomic mass is 10.0. The lowest BCUT2D eigenvalue weighted by Gasteiger charge is -2.22. The van der Waals surface area contributed by atoms with E-state index in [9.17, 15) is 0 Å². The average Bonchev–Trinajstić information content (AvgIpc) is 3.18. The standard InChI is InChI=1S/C16H16N2S2/c1-12(16-17-9-11-20-16)18-15(14-8-5-10-19-14)13-6-3-2-4-7-13/h2-12,15,18H,1H3. The van der Waals surface area contributed by atoms with Crippen molar-refractivity contribution in [3.63, 3.8) is 0 Å². The number of benzene rings is 1. The van der Waals surface area contributed by atoms with Crippen molar-refractivity contribution in [3.05, 3.63) is 74.9 Å². The maximum Gasteiger partial charge on any atom is 0.109 e. The quantitative estimate of drug-likeness (QED) is 0.742. The van der Waals surface area contributed by atoms with Crippen LogP contribution in [0.5, 0.6) is 0 Å². The molecular formula is C16H16N2S2. The highest BCUT2D eigenvalue weighted by Gasteiger charge is 2.19. The van der Waals surface area contributed by atoms with Crippen LogP contribution < -0.4 is 5.32 Å². The molecule has 0 aliphatic heterocycles. The Bertz CT molecular complexity index is 618. The van der Waals surface area contributed by atoms with Crippen molar-refractivity contribution in [3.8, 4) is 0 Å². The van der Waals surface area contributed by atoms with E-state index in [0.29, 0.717) is 0 Å². The molecule has 0 spiro atoms. The van der Waals surface area contributed by atoms with Gasteiger partial charge in [-0.2, -0.15) is 0 Å². The van der Waals surface area contributed by atoms with Crippen molar-refractivity contribution < 1.29 is 0 Å². The Morgan fingerprint density at radius 1 is 1.00 bits per heavy atom. The number of nitrogens with zero attached hydrogens (tertiary/aromatic N) is 1. The summed E-state index contributed by atoms with van der Waals surface area (Å²) >= 11 is 3.48. The Hall–Kier alpha value is -1.49. The van der Waals surface area contributed by atoms with Gasteiger partial charge in [0.1, 0.15) is 5.01 Å². The summed E-state index contributed by atoms with van der Waals surface area (Å²) in [7, 11) is 0. The Balaban J connectivity index is 1.87. The molecule has 0 radical (unpaired) electrons. The van der Waals surface area contributed by atoms with Gasteiger partial charge in [0, 0.05) is 16.5 Å². The third-order valence-electron chi connectivity index (χ3n) is 3.20. The Morgan fingerprint density at radius 2 is 1.85 bits per heavy atom. The van der Waals surface area contributed by atoms with Crippen LogP contribution in [0, 0.1) is 0 Å². The average molecular weight is 300 g/mol. The fourth-order valence-corrected chi connectivity index (χ4v) is 3.68. The zero-order valence-electron chi connectivity index (χ0n) is 11.2.